The van der Waals surface area contributed by atoms with Crippen molar-refractivity contribution in [1.82, 2.24) is 0 Å². The monoisotopic (exact) mass is 240 g/mol. The highest BCUT2D eigenvalue weighted by Gasteiger charge is 2.06. The van der Waals surface area contributed by atoms with Crippen LogP contribution in [0.1, 0.15) is 35.7 Å². The lowest BCUT2D eigenvalue weighted by Crippen LogP contribution is -1.96. The fourth-order valence-electron chi connectivity index (χ4n) is 1.91. The summed E-state index contributed by atoms with van der Waals surface area (Å²) in [6, 6.07) is 15.3. The van der Waals surface area contributed by atoms with Crippen molar-refractivity contribution in [1.29, 1.82) is 0 Å². The first kappa shape index (κ1) is 12.4. The van der Waals surface area contributed by atoms with Crippen LogP contribution >= 0.6 is 0 Å². The maximum absolute atomic E-state index is 11.0. The third-order valence-corrected chi connectivity index (χ3v) is 3.00. The zero-order valence-electron chi connectivity index (χ0n) is 10.6. The van der Waals surface area contributed by atoms with Crippen LogP contribution in [0.2, 0.25) is 0 Å². The molecule has 0 aliphatic heterocycles. The molecular formula is C16H16O2. The highest BCUT2D eigenvalue weighted by atomic mass is 16.4. The van der Waals surface area contributed by atoms with Crippen LogP contribution in [0.15, 0.2) is 48.5 Å². The molecule has 0 bridgehead atoms. The van der Waals surface area contributed by atoms with Gasteiger partial charge in [0.25, 0.3) is 0 Å². The molecule has 0 saturated carbocycles. The molecule has 0 heterocycles. The van der Waals surface area contributed by atoms with Crippen LogP contribution in [0, 0.1) is 0 Å². The van der Waals surface area contributed by atoms with E-state index in [9.17, 15) is 4.79 Å². The van der Waals surface area contributed by atoms with Gasteiger partial charge in [0.15, 0.2) is 0 Å². The van der Waals surface area contributed by atoms with Crippen LogP contribution in [-0.2, 0) is 0 Å². The summed E-state index contributed by atoms with van der Waals surface area (Å²) < 4.78 is 0. The smallest absolute Gasteiger partial charge is 0.335 e. The Morgan fingerprint density at radius 2 is 1.61 bits per heavy atom. The first-order valence-corrected chi connectivity index (χ1v) is 6.01. The fraction of sp³-hybridized carbons (Fsp3) is 0.188. The Morgan fingerprint density at radius 3 is 2.22 bits per heavy atom. The highest BCUT2D eigenvalue weighted by Crippen LogP contribution is 2.24. The van der Waals surface area contributed by atoms with E-state index in [4.69, 9.17) is 5.11 Å². The summed E-state index contributed by atoms with van der Waals surface area (Å²) in [4.78, 5) is 11.0. The molecule has 0 saturated heterocycles. The maximum Gasteiger partial charge on any atom is 0.335 e. The predicted octanol–water partition coefficient (Wildman–Crippen LogP) is 4.18. The van der Waals surface area contributed by atoms with E-state index >= 15 is 0 Å². The van der Waals surface area contributed by atoms with Crippen LogP contribution in [0.25, 0.3) is 11.1 Å². The number of benzene rings is 2. The van der Waals surface area contributed by atoms with Crippen LogP contribution in [0.5, 0.6) is 0 Å². The Balaban J connectivity index is 2.45. The second-order valence-electron chi connectivity index (χ2n) is 4.67. The number of carboxylic acids is 1. The number of carbonyl (C=O) groups is 1. The average molecular weight is 240 g/mol. The Bertz CT molecular complexity index is 571. The van der Waals surface area contributed by atoms with Crippen molar-refractivity contribution in [3.05, 3.63) is 59.7 Å². The van der Waals surface area contributed by atoms with Crippen molar-refractivity contribution in [3.63, 3.8) is 0 Å². The van der Waals surface area contributed by atoms with Gasteiger partial charge >= 0.3 is 5.97 Å². The maximum atomic E-state index is 11.0. The molecule has 1 N–H and O–H groups in total. The fourth-order valence-corrected chi connectivity index (χ4v) is 1.91. The molecule has 0 amide bonds. The average Bonchev–Trinajstić information content (AvgIpc) is 2.39. The summed E-state index contributed by atoms with van der Waals surface area (Å²) in [7, 11) is 0. The second kappa shape index (κ2) is 5.05. The third-order valence-electron chi connectivity index (χ3n) is 3.00. The van der Waals surface area contributed by atoms with Crippen molar-refractivity contribution >= 4 is 5.97 Å². The van der Waals surface area contributed by atoms with E-state index < -0.39 is 5.97 Å². The van der Waals surface area contributed by atoms with Gasteiger partial charge in [0, 0.05) is 0 Å². The first-order valence-electron chi connectivity index (χ1n) is 6.01. The molecule has 2 nitrogen and oxygen atoms in total. The summed E-state index contributed by atoms with van der Waals surface area (Å²) in [6.45, 7) is 4.29. The lowest BCUT2D eigenvalue weighted by atomic mass is 9.97. The van der Waals surface area contributed by atoms with Gasteiger partial charge in [0.2, 0.25) is 0 Å². The van der Waals surface area contributed by atoms with Crippen molar-refractivity contribution in [2.45, 2.75) is 19.8 Å². The van der Waals surface area contributed by atoms with Gasteiger partial charge in [-0.15, -0.1) is 0 Å². The molecule has 0 aliphatic rings. The van der Waals surface area contributed by atoms with Gasteiger partial charge in [-0.3, -0.25) is 0 Å². The van der Waals surface area contributed by atoms with Gasteiger partial charge in [-0.1, -0.05) is 50.2 Å². The van der Waals surface area contributed by atoms with Crippen LogP contribution in [0.3, 0.4) is 0 Å². The minimum absolute atomic E-state index is 0.322. The van der Waals surface area contributed by atoms with Gasteiger partial charge in [0.1, 0.15) is 0 Å². The quantitative estimate of drug-likeness (QED) is 0.874. The number of rotatable bonds is 3. The number of carboxylic acid groups (broad SMARTS) is 1. The molecule has 0 aromatic heterocycles. The topological polar surface area (TPSA) is 37.3 Å². The van der Waals surface area contributed by atoms with Gasteiger partial charge in [-0.25, -0.2) is 4.79 Å². The number of hydrogen-bond acceptors (Lipinski definition) is 1. The molecule has 0 fully saturated rings. The van der Waals surface area contributed by atoms with E-state index in [0.29, 0.717) is 11.5 Å². The third kappa shape index (κ3) is 2.59. The predicted molar refractivity (Wildman–Crippen MR) is 72.9 cm³/mol. The zero-order valence-corrected chi connectivity index (χ0v) is 10.6. The van der Waals surface area contributed by atoms with Gasteiger partial charge in [0.05, 0.1) is 5.56 Å². The van der Waals surface area contributed by atoms with Crippen LogP contribution in [-0.4, -0.2) is 11.1 Å². The van der Waals surface area contributed by atoms with Crippen molar-refractivity contribution in [2.24, 2.45) is 0 Å². The molecule has 2 rings (SSSR count). The van der Waals surface area contributed by atoms with Crippen LogP contribution in [0.4, 0.5) is 0 Å². The van der Waals surface area contributed by atoms with E-state index in [-0.39, 0.29) is 0 Å². The lowest BCUT2D eigenvalue weighted by Gasteiger charge is -2.08. The lowest BCUT2D eigenvalue weighted by molar-refractivity contribution is 0.0697. The summed E-state index contributed by atoms with van der Waals surface area (Å²) in [5.74, 6) is -0.426. The van der Waals surface area contributed by atoms with Crippen molar-refractivity contribution < 1.29 is 9.90 Å². The number of hydrogen-bond donors (Lipinski definition) is 1. The number of aromatic carboxylic acids is 1. The molecule has 0 spiro atoms. The van der Waals surface area contributed by atoms with Crippen molar-refractivity contribution in [2.75, 3.05) is 0 Å². The summed E-state index contributed by atoms with van der Waals surface area (Å²) >= 11 is 0. The molecule has 0 radical (unpaired) electrons. The summed E-state index contributed by atoms with van der Waals surface area (Å²) in [6.07, 6.45) is 0. The zero-order chi connectivity index (χ0) is 13.1. The highest BCUT2D eigenvalue weighted by molar-refractivity contribution is 5.89. The van der Waals surface area contributed by atoms with E-state index in [1.54, 1.807) is 18.2 Å². The minimum atomic E-state index is -0.892. The molecule has 2 aromatic rings. The minimum Gasteiger partial charge on any atom is -0.478 e. The van der Waals surface area contributed by atoms with Gasteiger partial charge in [-0.05, 0) is 34.7 Å². The molecule has 2 heteroatoms. The van der Waals surface area contributed by atoms with Gasteiger partial charge < -0.3 is 5.11 Å². The molecular weight excluding hydrogens is 224 g/mol. The second-order valence-corrected chi connectivity index (χ2v) is 4.67. The Hall–Kier alpha value is -2.09. The Labute approximate surface area is 107 Å². The first-order chi connectivity index (χ1) is 8.58. The Kier molecular flexibility index (Phi) is 3.47. The largest absolute Gasteiger partial charge is 0.478 e. The molecule has 18 heavy (non-hydrogen) atoms. The van der Waals surface area contributed by atoms with E-state index in [1.165, 1.54) is 5.56 Å². The standard InChI is InChI=1S/C16H16O2/c1-11(2)12-5-3-6-13(9-12)14-7-4-8-15(10-14)16(17)18/h3-11H,1-2H3,(H,17,18). The Morgan fingerprint density at radius 1 is 1.00 bits per heavy atom. The summed E-state index contributed by atoms with van der Waals surface area (Å²) in [5.41, 5.74) is 3.58. The summed E-state index contributed by atoms with van der Waals surface area (Å²) in [5, 5.41) is 9.00. The molecule has 0 unspecified atom stereocenters. The SMILES string of the molecule is CC(C)c1cccc(-c2cccc(C(=O)O)c2)c1. The molecule has 0 aliphatic carbocycles. The van der Waals surface area contributed by atoms with E-state index in [1.807, 2.05) is 18.2 Å². The van der Waals surface area contributed by atoms with Crippen molar-refractivity contribution in [3.8, 4) is 11.1 Å². The normalized spacial score (nSPS) is 10.6. The molecule has 0 atom stereocenters. The van der Waals surface area contributed by atoms with Gasteiger partial charge in [-0.2, -0.15) is 0 Å². The van der Waals surface area contributed by atoms with E-state index in [0.717, 1.165) is 11.1 Å². The molecule has 2 aromatic carbocycles. The van der Waals surface area contributed by atoms with Crippen LogP contribution < -0.4 is 0 Å². The molecule has 92 valence electrons. The van der Waals surface area contributed by atoms with E-state index in [2.05, 4.69) is 26.0 Å².